The van der Waals surface area contributed by atoms with E-state index < -0.39 is 23.6 Å². The number of esters is 1. The van der Waals surface area contributed by atoms with Gasteiger partial charge < -0.3 is 15.4 Å². The second kappa shape index (κ2) is 12.7. The van der Waals surface area contributed by atoms with E-state index >= 15 is 0 Å². The van der Waals surface area contributed by atoms with Gasteiger partial charge in [-0.15, -0.1) is 0 Å². The minimum absolute atomic E-state index is 0.0288. The molecular weight excluding hydrogens is 555 g/mol. The number of nitrogens with zero attached hydrogens (tertiary/aromatic N) is 1. The van der Waals surface area contributed by atoms with E-state index in [0.29, 0.717) is 40.5 Å². The number of pyridine rings is 1. The summed E-state index contributed by atoms with van der Waals surface area (Å²) >= 11 is 0. The number of aryl methyl sites for hydroxylation is 1. The quantitative estimate of drug-likeness (QED) is 0.204. The van der Waals surface area contributed by atoms with E-state index in [4.69, 9.17) is 9.72 Å². The second-order valence-electron chi connectivity index (χ2n) is 10.7. The molecule has 1 saturated carbocycles. The first kappa shape index (κ1) is 29.8. The number of amides is 1. The molecule has 0 spiro atoms. The van der Waals surface area contributed by atoms with Gasteiger partial charge in [-0.05, 0) is 73.4 Å². The highest BCUT2D eigenvalue weighted by atomic mass is 19.4. The van der Waals surface area contributed by atoms with Gasteiger partial charge in [0.2, 0.25) is 0 Å². The minimum atomic E-state index is -4.55. The molecule has 4 aromatic rings. The van der Waals surface area contributed by atoms with Crippen LogP contribution in [-0.2, 0) is 17.3 Å². The van der Waals surface area contributed by atoms with Crippen LogP contribution in [0.15, 0.2) is 78.9 Å². The zero-order valence-corrected chi connectivity index (χ0v) is 23.9. The van der Waals surface area contributed by atoms with Crippen LogP contribution in [0.3, 0.4) is 0 Å². The molecule has 5 rings (SSSR count). The average molecular weight is 588 g/mol. The number of anilines is 2. The average Bonchev–Trinajstić information content (AvgIpc) is 3.51. The van der Waals surface area contributed by atoms with Crippen molar-refractivity contribution in [2.45, 2.75) is 51.2 Å². The first-order chi connectivity index (χ1) is 20.6. The van der Waals surface area contributed by atoms with E-state index in [0.717, 1.165) is 24.6 Å². The standard InChI is InChI=1S/C34H32F3N3O3/c1-21-11-14-27(20-30(21)34(35,36)37)40-32(41)29-18-17-26(19-23-7-3-6-10-28(23)33(42)43-2)39-31(29)22-12-15-25(16-13-22)38-24-8-4-5-9-24/h3,6-7,10-18,20,24,38H,4-5,8-9,19H2,1-2H3,(H,40,41). The van der Waals surface area contributed by atoms with E-state index in [1.54, 1.807) is 24.3 Å². The molecule has 0 radical (unpaired) electrons. The summed E-state index contributed by atoms with van der Waals surface area (Å²) in [6, 6.07) is 22.1. The Morgan fingerprint density at radius 3 is 2.30 bits per heavy atom. The maximum atomic E-state index is 13.5. The number of alkyl halides is 3. The lowest BCUT2D eigenvalue weighted by Crippen LogP contribution is -2.16. The Bertz CT molecular complexity index is 1630. The molecule has 0 bridgehead atoms. The highest BCUT2D eigenvalue weighted by Gasteiger charge is 2.32. The Balaban J connectivity index is 1.49. The van der Waals surface area contributed by atoms with Crippen molar-refractivity contribution in [3.63, 3.8) is 0 Å². The number of carbonyl (C=O) groups excluding carboxylic acids is 2. The summed E-state index contributed by atoms with van der Waals surface area (Å²) in [5.74, 6) is -1.05. The molecule has 1 aromatic heterocycles. The fraction of sp³-hybridized carbons (Fsp3) is 0.265. The Morgan fingerprint density at radius 1 is 0.907 bits per heavy atom. The number of aromatic nitrogens is 1. The van der Waals surface area contributed by atoms with Crippen molar-refractivity contribution >= 4 is 23.3 Å². The van der Waals surface area contributed by atoms with Gasteiger partial charge in [0.05, 0.1) is 29.5 Å². The fourth-order valence-corrected chi connectivity index (χ4v) is 5.41. The molecule has 222 valence electrons. The zero-order chi connectivity index (χ0) is 30.6. The third-order valence-electron chi connectivity index (χ3n) is 7.68. The molecule has 0 atom stereocenters. The topological polar surface area (TPSA) is 80.3 Å². The first-order valence-electron chi connectivity index (χ1n) is 14.1. The summed E-state index contributed by atoms with van der Waals surface area (Å²) in [5, 5.41) is 6.16. The molecule has 9 heteroatoms. The summed E-state index contributed by atoms with van der Waals surface area (Å²) in [4.78, 5) is 30.6. The molecule has 0 saturated heterocycles. The second-order valence-corrected chi connectivity index (χ2v) is 10.7. The van der Waals surface area contributed by atoms with Gasteiger partial charge in [0, 0.05) is 35.1 Å². The van der Waals surface area contributed by atoms with Crippen molar-refractivity contribution in [2.24, 2.45) is 0 Å². The van der Waals surface area contributed by atoms with Gasteiger partial charge in [-0.25, -0.2) is 4.79 Å². The molecule has 6 nitrogen and oxygen atoms in total. The number of halogens is 3. The van der Waals surface area contributed by atoms with Crippen LogP contribution in [0.5, 0.6) is 0 Å². The van der Waals surface area contributed by atoms with Gasteiger partial charge in [0.15, 0.2) is 0 Å². The Morgan fingerprint density at radius 2 is 1.60 bits per heavy atom. The van der Waals surface area contributed by atoms with Gasteiger partial charge in [-0.3, -0.25) is 9.78 Å². The molecule has 1 heterocycles. The van der Waals surface area contributed by atoms with Gasteiger partial charge in [-0.2, -0.15) is 13.2 Å². The number of hydrogen-bond acceptors (Lipinski definition) is 5. The van der Waals surface area contributed by atoms with E-state index in [-0.39, 0.29) is 16.8 Å². The predicted octanol–water partition coefficient (Wildman–Crippen LogP) is 8.06. The maximum absolute atomic E-state index is 13.5. The van der Waals surface area contributed by atoms with Gasteiger partial charge in [0.1, 0.15) is 0 Å². The van der Waals surface area contributed by atoms with E-state index in [2.05, 4.69) is 10.6 Å². The molecule has 1 fully saturated rings. The highest BCUT2D eigenvalue weighted by Crippen LogP contribution is 2.34. The maximum Gasteiger partial charge on any atom is 0.416 e. The highest BCUT2D eigenvalue weighted by molar-refractivity contribution is 6.08. The lowest BCUT2D eigenvalue weighted by Gasteiger charge is -2.16. The van der Waals surface area contributed by atoms with Crippen molar-refractivity contribution in [3.8, 4) is 11.3 Å². The normalized spacial score (nSPS) is 13.5. The molecule has 1 amide bonds. The van der Waals surface area contributed by atoms with Crippen molar-refractivity contribution in [1.82, 2.24) is 4.98 Å². The van der Waals surface area contributed by atoms with E-state index in [9.17, 15) is 22.8 Å². The number of benzene rings is 3. The summed E-state index contributed by atoms with van der Waals surface area (Å²) in [6.07, 6.45) is 0.406. The number of nitrogens with one attached hydrogen (secondary N) is 2. The third kappa shape index (κ3) is 7.05. The zero-order valence-electron chi connectivity index (χ0n) is 23.9. The number of ether oxygens (including phenoxy) is 1. The van der Waals surface area contributed by atoms with Crippen LogP contribution in [0.4, 0.5) is 24.5 Å². The van der Waals surface area contributed by atoms with Crippen molar-refractivity contribution in [2.75, 3.05) is 17.7 Å². The summed E-state index contributed by atoms with van der Waals surface area (Å²) in [6.45, 7) is 1.37. The molecule has 43 heavy (non-hydrogen) atoms. The Kier molecular flexibility index (Phi) is 8.80. The first-order valence-corrected chi connectivity index (χ1v) is 14.1. The molecule has 3 aromatic carbocycles. The van der Waals surface area contributed by atoms with Gasteiger partial charge >= 0.3 is 12.1 Å². The molecular formula is C34H32F3N3O3. The molecule has 1 aliphatic carbocycles. The van der Waals surface area contributed by atoms with Crippen LogP contribution < -0.4 is 10.6 Å². The van der Waals surface area contributed by atoms with Gasteiger partial charge in [-0.1, -0.05) is 49.2 Å². The Labute approximate surface area is 248 Å². The van der Waals surface area contributed by atoms with Crippen LogP contribution >= 0.6 is 0 Å². The van der Waals surface area contributed by atoms with Crippen molar-refractivity contribution in [1.29, 1.82) is 0 Å². The number of hydrogen-bond donors (Lipinski definition) is 2. The Hall–Kier alpha value is -4.66. The lowest BCUT2D eigenvalue weighted by molar-refractivity contribution is -0.138. The predicted molar refractivity (Wildman–Crippen MR) is 160 cm³/mol. The molecule has 2 N–H and O–H groups in total. The molecule has 1 aliphatic rings. The lowest BCUT2D eigenvalue weighted by atomic mass is 9.99. The smallest absolute Gasteiger partial charge is 0.416 e. The third-order valence-corrected chi connectivity index (χ3v) is 7.68. The van der Waals surface area contributed by atoms with Crippen LogP contribution in [0.2, 0.25) is 0 Å². The fourth-order valence-electron chi connectivity index (χ4n) is 5.41. The van der Waals surface area contributed by atoms with E-state index in [1.807, 2.05) is 36.4 Å². The monoisotopic (exact) mass is 587 g/mol. The van der Waals surface area contributed by atoms with Crippen LogP contribution in [0.1, 0.15) is 68.8 Å². The molecule has 0 unspecified atom stereocenters. The molecule has 0 aliphatic heterocycles. The van der Waals surface area contributed by atoms with Crippen LogP contribution in [0.25, 0.3) is 11.3 Å². The number of rotatable bonds is 8. The largest absolute Gasteiger partial charge is 0.465 e. The van der Waals surface area contributed by atoms with Crippen LogP contribution in [-0.4, -0.2) is 30.0 Å². The number of methoxy groups -OCH3 is 1. The van der Waals surface area contributed by atoms with Gasteiger partial charge in [0.25, 0.3) is 5.91 Å². The van der Waals surface area contributed by atoms with Crippen molar-refractivity contribution in [3.05, 3.63) is 112 Å². The van der Waals surface area contributed by atoms with Crippen LogP contribution in [0, 0.1) is 6.92 Å². The minimum Gasteiger partial charge on any atom is -0.465 e. The summed E-state index contributed by atoms with van der Waals surface area (Å²) in [7, 11) is 1.32. The summed E-state index contributed by atoms with van der Waals surface area (Å²) in [5.41, 5.74) is 3.22. The summed E-state index contributed by atoms with van der Waals surface area (Å²) < 4.78 is 45.4. The SMILES string of the molecule is COC(=O)c1ccccc1Cc1ccc(C(=O)Nc2ccc(C)c(C(F)(F)F)c2)c(-c2ccc(NC3CCCC3)cc2)n1. The van der Waals surface area contributed by atoms with Crippen molar-refractivity contribution < 1.29 is 27.5 Å². The van der Waals surface area contributed by atoms with E-state index in [1.165, 1.54) is 39.0 Å². The number of carbonyl (C=O) groups is 2.